The molecule has 0 spiro atoms. The van der Waals surface area contributed by atoms with Crippen molar-refractivity contribution in [1.82, 2.24) is 0 Å². The summed E-state index contributed by atoms with van der Waals surface area (Å²) in [6.07, 6.45) is 0.706. The lowest BCUT2D eigenvalue weighted by Gasteiger charge is -2.51. The van der Waals surface area contributed by atoms with Crippen molar-refractivity contribution in [3.8, 4) is 24.3 Å². The molecule has 1 aliphatic rings. The predicted octanol–water partition coefficient (Wildman–Crippen LogP) is 6.22. The van der Waals surface area contributed by atoms with Gasteiger partial charge in [-0.15, -0.1) is 0 Å². The SMILES string of the molecule is CCC[C@@H]1[C@H]([N+](=O)[O-])[C@@H](c2cccc(Br)c2)C(C#N)(C#N)[C@@H](c2cccc(Br)c2)C1(C#N)C#N. The highest BCUT2D eigenvalue weighted by Crippen LogP contribution is 2.65. The van der Waals surface area contributed by atoms with Crippen LogP contribution < -0.4 is 0 Å². The molecule has 0 radical (unpaired) electrons. The maximum atomic E-state index is 12.6. The largest absolute Gasteiger partial charge is 0.264 e. The Labute approximate surface area is 214 Å². The number of nitro groups is 1. The van der Waals surface area contributed by atoms with Crippen molar-refractivity contribution in [1.29, 1.82) is 21.0 Å². The lowest BCUT2D eigenvalue weighted by Crippen LogP contribution is -2.60. The van der Waals surface area contributed by atoms with E-state index in [1.54, 1.807) is 48.5 Å². The first-order valence-electron chi connectivity index (χ1n) is 10.6. The fourth-order valence-corrected chi connectivity index (χ4v) is 6.32. The van der Waals surface area contributed by atoms with Crippen LogP contribution in [-0.2, 0) is 0 Å². The third kappa shape index (κ3) is 3.86. The molecule has 0 heterocycles. The third-order valence-corrected chi connectivity index (χ3v) is 7.70. The lowest BCUT2D eigenvalue weighted by molar-refractivity contribution is -0.546. The summed E-state index contributed by atoms with van der Waals surface area (Å²) in [5, 5.41) is 54.5. The van der Waals surface area contributed by atoms with Crippen LogP contribution in [0.2, 0.25) is 0 Å². The molecule has 0 aliphatic heterocycles. The maximum absolute atomic E-state index is 12.6. The second-order valence-corrected chi connectivity index (χ2v) is 10.2. The van der Waals surface area contributed by atoms with Crippen LogP contribution in [0.4, 0.5) is 0 Å². The van der Waals surface area contributed by atoms with E-state index in [4.69, 9.17) is 0 Å². The second-order valence-electron chi connectivity index (χ2n) is 8.38. The van der Waals surface area contributed by atoms with Crippen molar-refractivity contribution in [2.24, 2.45) is 16.7 Å². The Balaban J connectivity index is 2.53. The molecule has 0 aromatic heterocycles. The molecule has 0 bridgehead atoms. The van der Waals surface area contributed by atoms with Gasteiger partial charge in [0.2, 0.25) is 6.04 Å². The van der Waals surface area contributed by atoms with Gasteiger partial charge in [-0.05, 0) is 41.8 Å². The molecule has 2 aromatic carbocycles. The van der Waals surface area contributed by atoms with E-state index in [0.29, 0.717) is 26.5 Å². The van der Waals surface area contributed by atoms with Crippen LogP contribution in [0.15, 0.2) is 57.5 Å². The van der Waals surface area contributed by atoms with E-state index in [1.807, 2.05) is 6.92 Å². The zero-order valence-electron chi connectivity index (χ0n) is 18.2. The minimum absolute atomic E-state index is 0.217. The monoisotopic (exact) mass is 579 g/mol. The van der Waals surface area contributed by atoms with Crippen molar-refractivity contribution in [2.75, 3.05) is 0 Å². The van der Waals surface area contributed by atoms with Gasteiger partial charge in [0.15, 0.2) is 10.8 Å². The van der Waals surface area contributed by atoms with Gasteiger partial charge in [0.25, 0.3) is 0 Å². The lowest BCUT2D eigenvalue weighted by atomic mass is 9.44. The van der Waals surface area contributed by atoms with Gasteiger partial charge < -0.3 is 0 Å². The molecular weight excluding hydrogens is 562 g/mol. The smallest absolute Gasteiger partial charge is 0.227 e. The normalized spacial score (nSPS) is 24.6. The minimum atomic E-state index is -2.06. The molecule has 0 N–H and O–H groups in total. The second kappa shape index (κ2) is 9.94. The Morgan fingerprint density at radius 2 is 1.41 bits per heavy atom. The Hall–Kier alpha value is -3.24. The molecule has 34 heavy (non-hydrogen) atoms. The number of rotatable bonds is 5. The van der Waals surface area contributed by atoms with Crippen LogP contribution in [0.3, 0.4) is 0 Å². The number of hydrogen-bond donors (Lipinski definition) is 0. The van der Waals surface area contributed by atoms with E-state index in [0.717, 1.165) is 0 Å². The summed E-state index contributed by atoms with van der Waals surface area (Å²) in [5.74, 6) is -3.39. The molecule has 9 heteroatoms. The van der Waals surface area contributed by atoms with Crippen molar-refractivity contribution in [2.45, 2.75) is 37.6 Å². The maximum Gasteiger partial charge on any atom is 0.227 e. The van der Waals surface area contributed by atoms with Crippen LogP contribution >= 0.6 is 31.9 Å². The minimum Gasteiger partial charge on any atom is -0.264 e. The molecule has 0 saturated heterocycles. The molecule has 1 aliphatic carbocycles. The average molecular weight is 581 g/mol. The highest BCUT2D eigenvalue weighted by molar-refractivity contribution is 9.10. The highest BCUT2D eigenvalue weighted by Gasteiger charge is 2.72. The Morgan fingerprint density at radius 3 is 1.85 bits per heavy atom. The zero-order valence-corrected chi connectivity index (χ0v) is 21.3. The van der Waals surface area contributed by atoms with Gasteiger partial charge in [-0.3, -0.25) is 10.1 Å². The molecular formula is C25H19Br2N5O2. The van der Waals surface area contributed by atoms with E-state index in [2.05, 4.69) is 56.1 Å². The van der Waals surface area contributed by atoms with Gasteiger partial charge in [-0.25, -0.2) is 0 Å². The fraction of sp³-hybridized carbons (Fsp3) is 0.360. The molecule has 1 fully saturated rings. The Kier molecular flexibility index (Phi) is 7.42. The molecule has 4 atom stereocenters. The van der Waals surface area contributed by atoms with Crippen molar-refractivity contribution >= 4 is 31.9 Å². The van der Waals surface area contributed by atoms with E-state index >= 15 is 0 Å². The van der Waals surface area contributed by atoms with E-state index in [1.165, 1.54) is 0 Å². The van der Waals surface area contributed by atoms with Crippen molar-refractivity contribution < 1.29 is 4.92 Å². The van der Waals surface area contributed by atoms with Crippen LogP contribution in [-0.4, -0.2) is 11.0 Å². The summed E-state index contributed by atoms with van der Waals surface area (Å²) in [6.45, 7) is 1.83. The third-order valence-electron chi connectivity index (χ3n) is 6.71. The first-order chi connectivity index (χ1) is 16.3. The quantitative estimate of drug-likeness (QED) is 0.304. The molecule has 170 valence electrons. The first kappa shape index (κ1) is 25.4. The van der Waals surface area contributed by atoms with Crippen LogP contribution in [0.25, 0.3) is 0 Å². The van der Waals surface area contributed by atoms with E-state index < -0.39 is 39.5 Å². The van der Waals surface area contributed by atoms with Gasteiger partial charge >= 0.3 is 0 Å². The van der Waals surface area contributed by atoms with Gasteiger partial charge in [0.1, 0.15) is 0 Å². The van der Waals surface area contributed by atoms with E-state index in [-0.39, 0.29) is 6.42 Å². The first-order valence-corrected chi connectivity index (χ1v) is 12.1. The summed E-state index contributed by atoms with van der Waals surface area (Å²) < 4.78 is 1.28. The summed E-state index contributed by atoms with van der Waals surface area (Å²) in [5.41, 5.74) is -3.16. The standard InChI is InChI=1S/C25H19Br2N5O2/c1-2-5-20-22(32(33)34)21(16-6-3-8-18(26)10-16)25(14-30,15-31)23(24(20,12-28)13-29)17-7-4-9-19(27)11-17/h3-4,6-11,20-23H,2,5H2,1H3/t20-,21-,22+,23+/m1/s1. The molecule has 1 saturated carbocycles. The zero-order chi connectivity index (χ0) is 25.1. The summed E-state index contributed by atoms with van der Waals surface area (Å²) >= 11 is 6.78. The molecule has 2 aromatic rings. The van der Waals surface area contributed by atoms with Gasteiger partial charge in [0, 0.05) is 19.8 Å². The predicted molar refractivity (Wildman–Crippen MR) is 130 cm³/mol. The molecule has 0 unspecified atom stereocenters. The Bertz CT molecular complexity index is 1260. The van der Waals surface area contributed by atoms with Gasteiger partial charge in [-0.2, -0.15) is 21.0 Å². The summed E-state index contributed by atoms with van der Waals surface area (Å²) in [7, 11) is 0. The molecule has 0 amide bonds. The molecule has 7 nitrogen and oxygen atoms in total. The van der Waals surface area contributed by atoms with Gasteiger partial charge in [-0.1, -0.05) is 69.5 Å². The average Bonchev–Trinajstić information content (AvgIpc) is 2.83. The van der Waals surface area contributed by atoms with Crippen molar-refractivity contribution in [3.63, 3.8) is 0 Å². The van der Waals surface area contributed by atoms with Gasteiger partial charge in [0.05, 0.1) is 36.1 Å². The van der Waals surface area contributed by atoms with Crippen LogP contribution in [0.1, 0.15) is 42.7 Å². The number of benzene rings is 2. The Morgan fingerprint density at radius 1 is 0.912 bits per heavy atom. The number of halogens is 2. The highest BCUT2D eigenvalue weighted by atomic mass is 79.9. The topological polar surface area (TPSA) is 138 Å². The number of hydrogen-bond acceptors (Lipinski definition) is 6. The summed E-state index contributed by atoms with van der Waals surface area (Å²) in [6, 6.07) is 20.3. The van der Waals surface area contributed by atoms with E-state index in [9.17, 15) is 31.2 Å². The van der Waals surface area contributed by atoms with Crippen LogP contribution in [0, 0.1) is 72.2 Å². The molecule has 3 rings (SSSR count). The number of nitrogens with zero attached hydrogens (tertiary/aromatic N) is 5. The fourth-order valence-electron chi connectivity index (χ4n) is 5.49. The van der Waals surface area contributed by atoms with Crippen molar-refractivity contribution in [3.05, 3.63) is 78.7 Å². The van der Waals surface area contributed by atoms with Crippen LogP contribution in [0.5, 0.6) is 0 Å². The summed E-state index contributed by atoms with van der Waals surface area (Å²) in [4.78, 5) is 12.1. The number of nitriles is 4.